The molecule has 0 saturated carbocycles. The van der Waals surface area contributed by atoms with Crippen molar-refractivity contribution >= 4 is 21.8 Å². The zero-order valence-electron chi connectivity index (χ0n) is 17.1. The molecule has 176 valence electrons. The molecule has 4 rings (SSSR count). The number of alkyl halides is 3. The van der Waals surface area contributed by atoms with Gasteiger partial charge in [-0.25, -0.2) is 22.1 Å². The Bertz CT molecular complexity index is 1250. The highest BCUT2D eigenvalue weighted by Gasteiger charge is 2.58. The number of nitrogens with zero attached hydrogens (tertiary/aromatic N) is 3. The largest absolute Gasteiger partial charge is 0.417 e. The highest BCUT2D eigenvalue weighted by molar-refractivity contribution is 7.90. The van der Waals surface area contributed by atoms with E-state index in [2.05, 4.69) is 9.98 Å². The smallest absolute Gasteiger partial charge is 0.377 e. The minimum Gasteiger partial charge on any atom is -0.377 e. The van der Waals surface area contributed by atoms with Crippen molar-refractivity contribution in [2.75, 3.05) is 20.3 Å². The molecular formula is C20H18F4N4O4S. The van der Waals surface area contributed by atoms with Crippen LogP contribution in [0.15, 0.2) is 41.5 Å². The number of ketones is 1. The standard InChI is InChI=1S/C20H18F4N4O4S/c1-28-18(25)27-19(10-32-9-17(19)33(28,30)31)13-6-11(2-4-14(13)21)7-16(29)15-5-3-12(8-26-15)20(22,23)24/h2-6,8,17H,7,9-10H2,1H3,(H2,25,27)/t17-,19-/m0/s1. The Morgan fingerprint density at radius 3 is 2.67 bits per heavy atom. The normalized spacial score (nSPS) is 24.3. The second kappa shape index (κ2) is 7.76. The molecule has 2 aliphatic rings. The molecule has 0 aliphatic carbocycles. The van der Waals surface area contributed by atoms with Crippen molar-refractivity contribution in [1.82, 2.24) is 9.29 Å². The van der Waals surface area contributed by atoms with E-state index in [4.69, 9.17) is 10.5 Å². The van der Waals surface area contributed by atoms with E-state index in [1.807, 2.05) is 0 Å². The first-order chi connectivity index (χ1) is 15.4. The van der Waals surface area contributed by atoms with Crippen LogP contribution in [0, 0.1) is 5.82 Å². The molecule has 0 unspecified atom stereocenters. The van der Waals surface area contributed by atoms with Crippen LogP contribution in [0.5, 0.6) is 0 Å². The number of sulfonamides is 1. The third-order valence-corrected chi connectivity index (χ3v) is 7.94. The molecule has 2 aliphatic heterocycles. The summed E-state index contributed by atoms with van der Waals surface area (Å²) in [6.07, 6.45) is -4.33. The third-order valence-electron chi connectivity index (χ3n) is 5.74. The summed E-state index contributed by atoms with van der Waals surface area (Å²) < 4.78 is 84.9. The van der Waals surface area contributed by atoms with Gasteiger partial charge in [-0.3, -0.25) is 9.78 Å². The van der Waals surface area contributed by atoms with Gasteiger partial charge in [-0.05, 0) is 29.8 Å². The Hall–Kier alpha value is -3.06. The molecule has 1 fully saturated rings. The van der Waals surface area contributed by atoms with Crippen LogP contribution in [0.2, 0.25) is 0 Å². The number of hydrogen-bond acceptors (Lipinski definition) is 7. The predicted molar refractivity (Wildman–Crippen MR) is 108 cm³/mol. The maximum atomic E-state index is 14.9. The molecule has 3 heterocycles. The van der Waals surface area contributed by atoms with Gasteiger partial charge in [-0.1, -0.05) is 6.07 Å². The van der Waals surface area contributed by atoms with E-state index in [0.717, 1.165) is 22.5 Å². The summed E-state index contributed by atoms with van der Waals surface area (Å²) in [5.74, 6) is -1.69. The minimum atomic E-state index is -4.59. The van der Waals surface area contributed by atoms with Crippen LogP contribution in [-0.4, -0.2) is 55.0 Å². The number of aliphatic imine (C=N–C) groups is 1. The lowest BCUT2D eigenvalue weighted by Crippen LogP contribution is -2.57. The molecule has 2 aromatic rings. The van der Waals surface area contributed by atoms with Crippen molar-refractivity contribution in [3.05, 3.63) is 64.7 Å². The van der Waals surface area contributed by atoms with E-state index in [-0.39, 0.29) is 36.9 Å². The number of pyridine rings is 1. The number of halogens is 4. The Balaban J connectivity index is 1.68. The van der Waals surface area contributed by atoms with Gasteiger partial charge in [0.2, 0.25) is 16.0 Å². The number of carbonyl (C=O) groups is 1. The van der Waals surface area contributed by atoms with Gasteiger partial charge in [0.05, 0.1) is 18.8 Å². The molecule has 1 saturated heterocycles. The maximum Gasteiger partial charge on any atom is 0.417 e. The van der Waals surface area contributed by atoms with Gasteiger partial charge >= 0.3 is 6.18 Å². The summed E-state index contributed by atoms with van der Waals surface area (Å²) in [6, 6.07) is 5.40. The van der Waals surface area contributed by atoms with E-state index in [9.17, 15) is 30.8 Å². The zero-order valence-corrected chi connectivity index (χ0v) is 18.0. The molecule has 33 heavy (non-hydrogen) atoms. The molecular weight excluding hydrogens is 468 g/mol. The lowest BCUT2D eigenvalue weighted by Gasteiger charge is -2.38. The van der Waals surface area contributed by atoms with Crippen molar-refractivity contribution in [3.8, 4) is 0 Å². The molecule has 0 amide bonds. The molecule has 1 aromatic heterocycles. The fraction of sp³-hybridized carbons (Fsp3) is 0.350. The lowest BCUT2D eigenvalue weighted by atomic mass is 9.87. The predicted octanol–water partition coefficient (Wildman–Crippen LogP) is 1.85. The Morgan fingerprint density at radius 1 is 1.30 bits per heavy atom. The molecule has 13 heteroatoms. The van der Waals surface area contributed by atoms with Crippen molar-refractivity contribution in [3.63, 3.8) is 0 Å². The second-order valence-electron chi connectivity index (χ2n) is 7.75. The average molecular weight is 486 g/mol. The topological polar surface area (TPSA) is 115 Å². The van der Waals surface area contributed by atoms with Gasteiger partial charge in [-0.15, -0.1) is 0 Å². The first-order valence-corrected chi connectivity index (χ1v) is 11.1. The SMILES string of the molecule is CN1C(N)=N[C@]2(c3cc(CC(=O)c4ccc(C(F)(F)F)cn4)ccc3F)COC[C@@H]2S1(=O)=O. The highest BCUT2D eigenvalue weighted by atomic mass is 32.2. The van der Waals surface area contributed by atoms with Crippen molar-refractivity contribution in [2.24, 2.45) is 10.7 Å². The van der Waals surface area contributed by atoms with Crippen molar-refractivity contribution < 1.29 is 35.5 Å². The van der Waals surface area contributed by atoms with Crippen LogP contribution < -0.4 is 5.73 Å². The number of nitrogens with two attached hydrogens (primary N) is 1. The fourth-order valence-electron chi connectivity index (χ4n) is 3.91. The lowest BCUT2D eigenvalue weighted by molar-refractivity contribution is -0.137. The molecule has 0 bridgehead atoms. The minimum absolute atomic E-state index is 0.102. The van der Waals surface area contributed by atoms with Crippen LogP contribution in [0.25, 0.3) is 0 Å². The van der Waals surface area contributed by atoms with Crippen LogP contribution in [0.1, 0.15) is 27.2 Å². The van der Waals surface area contributed by atoms with E-state index >= 15 is 0 Å². The van der Waals surface area contributed by atoms with E-state index in [0.29, 0.717) is 11.8 Å². The highest BCUT2D eigenvalue weighted by Crippen LogP contribution is 2.43. The van der Waals surface area contributed by atoms with E-state index < -0.39 is 44.2 Å². The van der Waals surface area contributed by atoms with Gasteiger partial charge < -0.3 is 10.5 Å². The maximum absolute atomic E-state index is 14.9. The number of ether oxygens (including phenoxy) is 1. The monoisotopic (exact) mass is 486 g/mol. The van der Waals surface area contributed by atoms with Gasteiger partial charge in [0.25, 0.3) is 0 Å². The number of Topliss-reactive ketones (excluding diaryl/α,β-unsaturated/α-hetero) is 1. The van der Waals surface area contributed by atoms with Gasteiger partial charge in [0.15, 0.2) is 5.78 Å². The average Bonchev–Trinajstić information content (AvgIpc) is 3.19. The molecule has 2 atom stereocenters. The first kappa shape index (κ1) is 23.1. The number of fused-ring (bicyclic) bond motifs is 1. The summed E-state index contributed by atoms with van der Waals surface area (Å²) in [5.41, 5.74) is 3.17. The second-order valence-corrected chi connectivity index (χ2v) is 9.90. The van der Waals surface area contributed by atoms with Crippen LogP contribution in [0.4, 0.5) is 17.6 Å². The van der Waals surface area contributed by atoms with Crippen LogP contribution in [0.3, 0.4) is 0 Å². The van der Waals surface area contributed by atoms with Crippen LogP contribution >= 0.6 is 0 Å². The number of benzene rings is 1. The van der Waals surface area contributed by atoms with Gasteiger partial charge in [0.1, 0.15) is 22.3 Å². The Morgan fingerprint density at radius 2 is 2.03 bits per heavy atom. The van der Waals surface area contributed by atoms with Gasteiger partial charge in [-0.2, -0.15) is 13.2 Å². The summed E-state index contributed by atoms with van der Waals surface area (Å²) in [7, 11) is -2.75. The molecule has 0 spiro atoms. The Labute approximate surface area is 186 Å². The summed E-state index contributed by atoms with van der Waals surface area (Å²) in [5, 5.41) is -1.22. The fourth-order valence-corrected chi connectivity index (χ4v) is 5.61. The van der Waals surface area contributed by atoms with Crippen molar-refractivity contribution in [1.29, 1.82) is 0 Å². The summed E-state index contributed by atoms with van der Waals surface area (Å²) in [4.78, 5) is 20.4. The van der Waals surface area contributed by atoms with Crippen LogP contribution in [-0.2, 0) is 32.9 Å². The van der Waals surface area contributed by atoms with E-state index in [1.54, 1.807) is 0 Å². The number of rotatable bonds is 4. The number of guanidine groups is 1. The zero-order chi connectivity index (χ0) is 24.2. The van der Waals surface area contributed by atoms with E-state index in [1.165, 1.54) is 19.2 Å². The molecule has 8 nitrogen and oxygen atoms in total. The number of carbonyl (C=O) groups excluding carboxylic acids is 1. The molecule has 2 N–H and O–H groups in total. The van der Waals surface area contributed by atoms with Crippen molar-refractivity contribution in [2.45, 2.75) is 23.4 Å². The molecule has 1 aromatic carbocycles. The van der Waals surface area contributed by atoms with Gasteiger partial charge in [0, 0.05) is 25.2 Å². The quantitative estimate of drug-likeness (QED) is 0.521. The summed E-state index contributed by atoms with van der Waals surface area (Å²) >= 11 is 0. The number of aromatic nitrogens is 1. The third kappa shape index (κ3) is 3.84. The Kier molecular flexibility index (Phi) is 5.44. The summed E-state index contributed by atoms with van der Waals surface area (Å²) in [6.45, 7) is -0.457. The molecule has 0 radical (unpaired) electrons. The first-order valence-electron chi connectivity index (χ1n) is 9.62. The number of hydrogen-bond donors (Lipinski definition) is 1.